The fraction of sp³-hybridized carbons (Fsp3) is 0. The van der Waals surface area contributed by atoms with Crippen molar-refractivity contribution in [3.63, 3.8) is 0 Å². The molecule has 0 fully saturated rings. The summed E-state index contributed by atoms with van der Waals surface area (Å²) in [6.07, 6.45) is 1.15. The van der Waals surface area contributed by atoms with Gasteiger partial charge in [-0.25, -0.2) is 4.39 Å². The minimum atomic E-state index is -0.589. The zero-order valence-corrected chi connectivity index (χ0v) is 6.60. The summed E-state index contributed by atoms with van der Waals surface area (Å²) in [7, 11) is 0. The highest BCUT2D eigenvalue weighted by Gasteiger charge is 2.17. The number of carbonyl (C=O) groups excluding carboxylic acids is 1. The average Bonchev–Trinajstić information content (AvgIpc) is 2.35. The van der Waals surface area contributed by atoms with Crippen molar-refractivity contribution in [1.82, 2.24) is 0 Å². The molecule has 0 saturated carbocycles. The van der Waals surface area contributed by atoms with Crippen LogP contribution in [0.2, 0.25) is 5.02 Å². The van der Waals surface area contributed by atoms with Crippen molar-refractivity contribution < 1.29 is 9.18 Å². The Labute approximate surface area is 72.7 Å². The van der Waals surface area contributed by atoms with E-state index in [0.717, 1.165) is 12.3 Å². The van der Waals surface area contributed by atoms with Crippen LogP contribution in [0.5, 0.6) is 0 Å². The van der Waals surface area contributed by atoms with Crippen molar-refractivity contribution in [1.29, 1.82) is 0 Å². The number of hydrogen-bond donors (Lipinski definition) is 0. The Hall–Kier alpha value is -1.22. The summed E-state index contributed by atoms with van der Waals surface area (Å²) in [4.78, 5) is 14.7. The van der Waals surface area contributed by atoms with Gasteiger partial charge in [-0.2, -0.15) is 0 Å². The van der Waals surface area contributed by atoms with Crippen LogP contribution in [-0.2, 0) is 0 Å². The van der Waals surface area contributed by atoms with Gasteiger partial charge >= 0.3 is 0 Å². The van der Waals surface area contributed by atoms with Gasteiger partial charge in [0.25, 0.3) is 0 Å². The Morgan fingerprint density at radius 1 is 1.42 bits per heavy atom. The molecule has 0 unspecified atom stereocenters. The summed E-state index contributed by atoms with van der Waals surface area (Å²) in [5.41, 5.74) is 0.711. The smallest absolute Gasteiger partial charge is 0.206 e. The van der Waals surface area contributed by atoms with Gasteiger partial charge in [0.05, 0.1) is 22.5 Å². The van der Waals surface area contributed by atoms with Crippen molar-refractivity contribution in [2.45, 2.75) is 0 Å². The van der Waals surface area contributed by atoms with Crippen molar-refractivity contribution >= 4 is 29.3 Å². The Morgan fingerprint density at radius 3 is 2.92 bits per heavy atom. The van der Waals surface area contributed by atoms with E-state index in [1.807, 2.05) is 0 Å². The molecule has 60 valence electrons. The average molecular weight is 184 g/mol. The lowest BCUT2D eigenvalue weighted by atomic mass is 10.1. The molecule has 0 amide bonds. The monoisotopic (exact) mass is 183 g/mol. The van der Waals surface area contributed by atoms with E-state index in [4.69, 9.17) is 11.6 Å². The van der Waals surface area contributed by atoms with Crippen LogP contribution in [0.25, 0.3) is 0 Å². The highest BCUT2D eigenvalue weighted by atomic mass is 35.5. The molecule has 0 N–H and O–H groups in total. The highest BCUT2D eigenvalue weighted by molar-refractivity contribution is 6.40. The molecule has 12 heavy (non-hydrogen) atoms. The maximum atomic E-state index is 12.8. The number of fused-ring (bicyclic) bond motifs is 1. The summed E-state index contributed by atoms with van der Waals surface area (Å²) in [6.45, 7) is 0. The molecule has 0 saturated heterocycles. The van der Waals surface area contributed by atoms with E-state index in [0.29, 0.717) is 5.69 Å². The van der Waals surface area contributed by atoms with E-state index >= 15 is 0 Å². The number of Topliss-reactive ketones (excluding diaryl/α,β-unsaturated/α-hetero) is 1. The number of carbonyl (C=O) groups is 1. The lowest BCUT2D eigenvalue weighted by molar-refractivity contribution is 0.107. The van der Waals surface area contributed by atoms with Crippen molar-refractivity contribution in [3.8, 4) is 0 Å². The third-order valence-electron chi connectivity index (χ3n) is 1.62. The number of aliphatic imine (C=N–C) groups is 1. The molecule has 1 heterocycles. The van der Waals surface area contributed by atoms with Crippen LogP contribution < -0.4 is 0 Å². The van der Waals surface area contributed by atoms with Gasteiger partial charge in [-0.05, 0) is 12.1 Å². The normalized spacial score (nSPS) is 13.7. The van der Waals surface area contributed by atoms with Gasteiger partial charge in [0, 0.05) is 0 Å². The van der Waals surface area contributed by atoms with Crippen LogP contribution in [0.4, 0.5) is 10.1 Å². The number of halogens is 2. The number of hydrogen-bond acceptors (Lipinski definition) is 2. The summed E-state index contributed by atoms with van der Waals surface area (Å²) in [6, 6.07) is 2.45. The fourth-order valence-electron chi connectivity index (χ4n) is 1.04. The second-order valence-electron chi connectivity index (χ2n) is 2.41. The summed E-state index contributed by atoms with van der Waals surface area (Å²) < 4.78 is 12.8. The molecule has 0 aliphatic carbocycles. The maximum absolute atomic E-state index is 12.8. The molecular weight excluding hydrogens is 181 g/mol. The standard InChI is InChI=1S/C8H3ClFNO/c9-5-2-7-4(1-6(5)10)8(12)3-11-7/h1-3H. The first-order valence-electron chi connectivity index (χ1n) is 3.26. The first kappa shape index (κ1) is 7.43. The summed E-state index contributed by atoms with van der Waals surface area (Å²) >= 11 is 5.48. The first-order valence-corrected chi connectivity index (χ1v) is 3.64. The molecule has 0 atom stereocenters. The number of benzene rings is 1. The zero-order valence-electron chi connectivity index (χ0n) is 5.84. The SMILES string of the molecule is O=C1C=Nc2cc(Cl)c(F)cc21. The molecule has 1 aliphatic heterocycles. The molecule has 0 radical (unpaired) electrons. The van der Waals surface area contributed by atoms with E-state index in [1.54, 1.807) is 0 Å². The van der Waals surface area contributed by atoms with E-state index in [2.05, 4.69) is 4.99 Å². The Balaban J connectivity index is 2.69. The third kappa shape index (κ3) is 0.940. The van der Waals surface area contributed by atoms with E-state index < -0.39 is 5.82 Å². The van der Waals surface area contributed by atoms with Gasteiger partial charge in [0.2, 0.25) is 5.78 Å². The van der Waals surface area contributed by atoms with Crippen LogP contribution in [-0.4, -0.2) is 12.0 Å². The molecule has 1 aromatic carbocycles. The van der Waals surface area contributed by atoms with Gasteiger partial charge in [0.1, 0.15) is 5.82 Å². The Morgan fingerprint density at radius 2 is 2.17 bits per heavy atom. The van der Waals surface area contributed by atoms with Crippen LogP contribution in [0.1, 0.15) is 10.4 Å². The molecule has 1 aliphatic rings. The van der Waals surface area contributed by atoms with Crippen LogP contribution >= 0.6 is 11.6 Å². The van der Waals surface area contributed by atoms with Crippen LogP contribution in [0.15, 0.2) is 17.1 Å². The van der Waals surface area contributed by atoms with E-state index in [-0.39, 0.29) is 16.4 Å². The minimum absolute atomic E-state index is 0.0133. The number of rotatable bonds is 0. The lowest BCUT2D eigenvalue weighted by Gasteiger charge is -1.97. The first-order chi connectivity index (χ1) is 5.68. The van der Waals surface area contributed by atoms with Crippen molar-refractivity contribution in [2.75, 3.05) is 0 Å². The van der Waals surface area contributed by atoms with Gasteiger partial charge in [-0.3, -0.25) is 9.79 Å². The van der Waals surface area contributed by atoms with Gasteiger partial charge in [-0.15, -0.1) is 0 Å². The molecule has 4 heteroatoms. The quantitative estimate of drug-likeness (QED) is 0.607. The Kier molecular flexibility index (Phi) is 1.48. The van der Waals surface area contributed by atoms with Crippen LogP contribution in [0, 0.1) is 5.82 Å². The molecule has 1 aromatic rings. The van der Waals surface area contributed by atoms with Gasteiger partial charge < -0.3 is 0 Å². The number of ketones is 1. The largest absolute Gasteiger partial charge is 0.287 e. The molecule has 2 rings (SSSR count). The van der Waals surface area contributed by atoms with E-state index in [9.17, 15) is 9.18 Å². The predicted octanol–water partition coefficient (Wildman–Crippen LogP) is 2.38. The minimum Gasteiger partial charge on any atom is -0.287 e. The second-order valence-corrected chi connectivity index (χ2v) is 2.81. The summed E-state index contributed by atoms with van der Waals surface area (Å²) in [5.74, 6) is -0.866. The predicted molar refractivity (Wildman–Crippen MR) is 43.9 cm³/mol. The topological polar surface area (TPSA) is 29.4 Å². The molecular formula is C8H3ClFNO. The highest BCUT2D eigenvalue weighted by Crippen LogP contribution is 2.29. The van der Waals surface area contributed by atoms with E-state index in [1.165, 1.54) is 6.07 Å². The van der Waals surface area contributed by atoms with Crippen LogP contribution in [0.3, 0.4) is 0 Å². The van der Waals surface area contributed by atoms with Crippen molar-refractivity contribution in [3.05, 3.63) is 28.5 Å². The maximum Gasteiger partial charge on any atom is 0.206 e. The fourth-order valence-corrected chi connectivity index (χ4v) is 1.20. The van der Waals surface area contributed by atoms with Gasteiger partial charge in [-0.1, -0.05) is 11.6 Å². The van der Waals surface area contributed by atoms with Crippen molar-refractivity contribution in [2.24, 2.45) is 4.99 Å². The molecule has 0 bridgehead atoms. The number of nitrogens with zero attached hydrogens (tertiary/aromatic N) is 1. The molecule has 0 aromatic heterocycles. The second kappa shape index (κ2) is 2.38. The Bertz CT molecular complexity index is 400. The zero-order chi connectivity index (χ0) is 8.72. The molecule has 0 spiro atoms. The lowest BCUT2D eigenvalue weighted by Crippen LogP contribution is -1.94. The molecule has 2 nitrogen and oxygen atoms in total. The summed E-state index contributed by atoms with van der Waals surface area (Å²) in [5, 5.41) is -0.0133. The third-order valence-corrected chi connectivity index (χ3v) is 1.91. The van der Waals surface area contributed by atoms with Gasteiger partial charge in [0.15, 0.2) is 0 Å².